The number of carbonyl (C=O) groups excluding carboxylic acids is 1. The Bertz CT molecular complexity index is 1080. The summed E-state index contributed by atoms with van der Waals surface area (Å²) in [7, 11) is 0. The molecule has 2 aliphatic heterocycles. The number of hydrogen-bond donors (Lipinski definition) is 0. The average molecular weight is 404 g/mol. The van der Waals surface area contributed by atoms with Gasteiger partial charge in [-0.2, -0.15) is 10.1 Å². The minimum atomic E-state index is -0.187. The van der Waals surface area contributed by atoms with Crippen LogP contribution in [0.15, 0.2) is 69.2 Å². The summed E-state index contributed by atoms with van der Waals surface area (Å²) in [6.45, 7) is 1.94. The summed E-state index contributed by atoms with van der Waals surface area (Å²) in [5, 5.41) is 5.52. The fourth-order valence-electron chi connectivity index (χ4n) is 3.57. The summed E-state index contributed by atoms with van der Waals surface area (Å²) in [4.78, 5) is 19.7. The van der Waals surface area contributed by atoms with Crippen molar-refractivity contribution in [3.05, 3.63) is 65.4 Å². The highest BCUT2D eigenvalue weighted by Gasteiger charge is 2.27. The van der Waals surface area contributed by atoms with Crippen LogP contribution in [0.4, 0.5) is 0 Å². The molecule has 5 rings (SSSR count). The normalized spacial score (nSPS) is 18.5. The Kier molecular flexibility index (Phi) is 4.81. The number of para-hydroxylation sites is 1. The molecule has 0 spiro atoms. The Hall–Kier alpha value is -3.06. The number of furan rings is 1. The van der Waals surface area contributed by atoms with Crippen molar-refractivity contribution in [3.8, 4) is 17.1 Å². The van der Waals surface area contributed by atoms with E-state index in [0.29, 0.717) is 16.4 Å². The first-order valence-corrected chi connectivity index (χ1v) is 10.6. The molecule has 0 N–H and O–H groups in total. The lowest BCUT2D eigenvalue weighted by Gasteiger charge is -2.27. The van der Waals surface area contributed by atoms with Crippen LogP contribution < -0.4 is 0 Å². The lowest BCUT2D eigenvalue weighted by Crippen LogP contribution is -2.33. The third-order valence-electron chi connectivity index (χ3n) is 5.04. The van der Waals surface area contributed by atoms with Crippen molar-refractivity contribution < 1.29 is 9.21 Å². The summed E-state index contributed by atoms with van der Waals surface area (Å²) >= 11 is 1.45. The maximum Gasteiger partial charge on any atom is 0.286 e. The Morgan fingerprint density at radius 1 is 1.03 bits per heavy atom. The number of amides is 1. The first kappa shape index (κ1) is 18.0. The molecule has 1 saturated heterocycles. The zero-order valence-electron chi connectivity index (χ0n) is 15.8. The van der Waals surface area contributed by atoms with E-state index in [0.717, 1.165) is 42.3 Å². The largest absolute Gasteiger partial charge is 0.463 e. The number of benzene rings is 1. The van der Waals surface area contributed by atoms with Crippen LogP contribution in [-0.4, -0.2) is 38.8 Å². The van der Waals surface area contributed by atoms with Crippen molar-refractivity contribution in [2.24, 2.45) is 4.99 Å². The first-order valence-electron chi connectivity index (χ1n) is 9.74. The number of piperidine rings is 1. The van der Waals surface area contributed by atoms with Gasteiger partial charge in [-0.05, 0) is 61.4 Å². The van der Waals surface area contributed by atoms with Gasteiger partial charge in [0.2, 0.25) is 0 Å². The summed E-state index contributed by atoms with van der Waals surface area (Å²) in [5.74, 6) is 0.479. The average Bonchev–Trinajstić information content (AvgIpc) is 3.50. The van der Waals surface area contributed by atoms with Crippen molar-refractivity contribution in [2.75, 3.05) is 13.1 Å². The van der Waals surface area contributed by atoms with Gasteiger partial charge < -0.3 is 9.32 Å². The Labute approximate surface area is 172 Å². The van der Waals surface area contributed by atoms with Gasteiger partial charge in [-0.3, -0.25) is 4.79 Å². The van der Waals surface area contributed by atoms with Gasteiger partial charge >= 0.3 is 0 Å². The van der Waals surface area contributed by atoms with Gasteiger partial charge in [0.05, 0.1) is 16.9 Å². The van der Waals surface area contributed by atoms with Crippen LogP contribution in [0.25, 0.3) is 23.2 Å². The minimum absolute atomic E-state index is 0.187. The van der Waals surface area contributed by atoms with E-state index in [1.807, 2.05) is 54.7 Å². The van der Waals surface area contributed by atoms with Gasteiger partial charge in [-0.25, -0.2) is 4.68 Å². The molecule has 4 heterocycles. The Balaban J connectivity index is 1.49. The molecule has 0 aliphatic carbocycles. The molecule has 29 heavy (non-hydrogen) atoms. The second-order valence-corrected chi connectivity index (χ2v) is 8.06. The molecular weight excluding hydrogens is 384 g/mol. The van der Waals surface area contributed by atoms with Crippen molar-refractivity contribution >= 4 is 28.9 Å². The molecule has 146 valence electrons. The molecule has 0 radical (unpaired) electrons. The van der Waals surface area contributed by atoms with Crippen LogP contribution in [0.2, 0.25) is 0 Å². The van der Waals surface area contributed by atoms with E-state index in [1.165, 1.54) is 18.2 Å². The standard InChI is InChI=1S/C22H20N4O2S/c27-21-19(29-22(23-21)25-11-5-2-6-12-25)14-16-15-26(17-8-3-1-4-9-17)24-20(16)18-10-7-13-28-18/h1,3-4,7-10,13-15H,2,5-6,11-12H2. The van der Waals surface area contributed by atoms with Crippen LogP contribution in [0.1, 0.15) is 24.8 Å². The summed E-state index contributed by atoms with van der Waals surface area (Å²) in [6.07, 6.45) is 8.97. The number of nitrogens with zero attached hydrogens (tertiary/aromatic N) is 4. The molecule has 2 aliphatic rings. The Morgan fingerprint density at radius 3 is 2.62 bits per heavy atom. The van der Waals surface area contributed by atoms with Gasteiger partial charge in [0.25, 0.3) is 5.91 Å². The van der Waals surface area contributed by atoms with Crippen molar-refractivity contribution in [1.82, 2.24) is 14.7 Å². The zero-order valence-corrected chi connectivity index (χ0v) is 16.6. The smallest absolute Gasteiger partial charge is 0.286 e. The van der Waals surface area contributed by atoms with Gasteiger partial charge in [-0.1, -0.05) is 18.2 Å². The predicted octanol–water partition coefficient (Wildman–Crippen LogP) is 4.59. The third kappa shape index (κ3) is 3.65. The first-order chi connectivity index (χ1) is 14.3. The number of rotatable bonds is 3. The topological polar surface area (TPSA) is 63.6 Å². The minimum Gasteiger partial charge on any atom is -0.463 e. The second-order valence-electron chi connectivity index (χ2n) is 7.05. The molecule has 1 aromatic carbocycles. The Morgan fingerprint density at radius 2 is 1.86 bits per heavy atom. The van der Waals surface area contributed by atoms with Crippen LogP contribution in [0, 0.1) is 0 Å². The fourth-order valence-corrected chi connectivity index (χ4v) is 4.53. The van der Waals surface area contributed by atoms with E-state index >= 15 is 0 Å². The van der Waals surface area contributed by atoms with Crippen LogP contribution >= 0.6 is 11.8 Å². The number of thioether (sulfide) groups is 1. The lowest BCUT2D eigenvalue weighted by atomic mass is 10.1. The molecule has 2 aromatic heterocycles. The molecular formula is C22H20N4O2S. The van der Waals surface area contributed by atoms with Crippen LogP contribution in [0.3, 0.4) is 0 Å². The van der Waals surface area contributed by atoms with Gasteiger partial charge in [0.15, 0.2) is 10.9 Å². The number of carbonyl (C=O) groups is 1. The predicted molar refractivity (Wildman–Crippen MR) is 115 cm³/mol. The van der Waals surface area contributed by atoms with Crippen LogP contribution in [-0.2, 0) is 4.79 Å². The second kappa shape index (κ2) is 7.75. The molecule has 3 aromatic rings. The molecule has 0 saturated carbocycles. The van der Waals surface area contributed by atoms with E-state index in [4.69, 9.17) is 9.52 Å². The number of likely N-dealkylation sites (tertiary alicyclic amines) is 1. The maximum absolute atomic E-state index is 12.6. The summed E-state index contributed by atoms with van der Waals surface area (Å²) < 4.78 is 7.39. The van der Waals surface area contributed by atoms with Gasteiger partial charge in [0.1, 0.15) is 5.69 Å². The van der Waals surface area contributed by atoms with Crippen molar-refractivity contribution in [1.29, 1.82) is 0 Å². The van der Waals surface area contributed by atoms with E-state index in [9.17, 15) is 4.79 Å². The van der Waals surface area contributed by atoms with Gasteiger partial charge in [-0.15, -0.1) is 0 Å². The number of aromatic nitrogens is 2. The van der Waals surface area contributed by atoms with Gasteiger partial charge in [0, 0.05) is 24.8 Å². The highest BCUT2D eigenvalue weighted by atomic mass is 32.2. The lowest BCUT2D eigenvalue weighted by molar-refractivity contribution is -0.113. The molecule has 0 atom stereocenters. The number of aliphatic imine (C=N–C) groups is 1. The third-order valence-corrected chi connectivity index (χ3v) is 6.08. The van der Waals surface area contributed by atoms with E-state index in [2.05, 4.69) is 9.89 Å². The molecule has 0 bridgehead atoms. The number of hydrogen-bond acceptors (Lipinski definition) is 5. The molecule has 1 amide bonds. The highest BCUT2D eigenvalue weighted by Crippen LogP contribution is 2.34. The quantitative estimate of drug-likeness (QED) is 0.598. The highest BCUT2D eigenvalue weighted by molar-refractivity contribution is 8.18. The maximum atomic E-state index is 12.6. The van der Waals surface area contributed by atoms with E-state index in [1.54, 1.807) is 10.9 Å². The monoisotopic (exact) mass is 404 g/mol. The van der Waals surface area contributed by atoms with Crippen molar-refractivity contribution in [2.45, 2.75) is 19.3 Å². The zero-order chi connectivity index (χ0) is 19.6. The molecule has 0 unspecified atom stereocenters. The molecule has 6 nitrogen and oxygen atoms in total. The summed E-state index contributed by atoms with van der Waals surface area (Å²) in [5.41, 5.74) is 2.47. The summed E-state index contributed by atoms with van der Waals surface area (Å²) in [6, 6.07) is 13.6. The van der Waals surface area contributed by atoms with Crippen LogP contribution in [0.5, 0.6) is 0 Å². The molecule has 7 heteroatoms. The molecule has 1 fully saturated rings. The van der Waals surface area contributed by atoms with Crippen molar-refractivity contribution in [3.63, 3.8) is 0 Å². The number of amidine groups is 1. The SMILES string of the molecule is O=C1N=C(N2CCCCC2)SC1=Cc1cn(-c2ccccc2)nc1-c1ccco1. The van der Waals surface area contributed by atoms with E-state index in [-0.39, 0.29) is 5.91 Å². The fraction of sp³-hybridized carbons (Fsp3) is 0.227. The van der Waals surface area contributed by atoms with E-state index < -0.39 is 0 Å².